The van der Waals surface area contributed by atoms with E-state index in [4.69, 9.17) is 26.8 Å². The van der Waals surface area contributed by atoms with E-state index in [-0.39, 0.29) is 11.1 Å². The summed E-state index contributed by atoms with van der Waals surface area (Å²) in [6.45, 7) is 2.37. The minimum absolute atomic E-state index is 0.104. The number of nitrogens with two attached hydrogens (primary N) is 1. The van der Waals surface area contributed by atoms with Gasteiger partial charge in [-0.25, -0.2) is 9.67 Å². The molecule has 7 nitrogen and oxygen atoms in total. The van der Waals surface area contributed by atoms with Crippen LogP contribution in [0.5, 0.6) is 11.5 Å². The molecule has 9 heteroatoms. The standard InChI is InChI=1S/C15H15BrClN5O2/c1-7-10(23-2)4-8(11(16)12(7)24-3)6-22-14-9(5-19-22)13(17)20-15(18)21-14/h4-5H,6H2,1-3H3,(H2,18,20,21). The van der Waals surface area contributed by atoms with Gasteiger partial charge in [0.05, 0.1) is 36.8 Å². The van der Waals surface area contributed by atoms with Crippen molar-refractivity contribution in [2.45, 2.75) is 13.5 Å². The molecule has 0 bridgehead atoms. The van der Waals surface area contributed by atoms with Crippen LogP contribution in [0.3, 0.4) is 0 Å². The molecule has 3 rings (SSSR count). The third kappa shape index (κ3) is 2.76. The molecule has 0 saturated heterocycles. The number of rotatable bonds is 4. The molecule has 126 valence electrons. The average Bonchev–Trinajstić information content (AvgIpc) is 2.93. The maximum atomic E-state index is 6.09. The van der Waals surface area contributed by atoms with Crippen LogP contribution in [0.15, 0.2) is 16.7 Å². The number of fused-ring (bicyclic) bond motifs is 1. The second-order valence-corrected chi connectivity index (χ2v) is 6.27. The normalized spacial score (nSPS) is 11.0. The van der Waals surface area contributed by atoms with Gasteiger partial charge in [-0.3, -0.25) is 0 Å². The summed E-state index contributed by atoms with van der Waals surface area (Å²) < 4.78 is 13.4. The molecule has 0 fully saturated rings. The summed E-state index contributed by atoms with van der Waals surface area (Å²) in [6.07, 6.45) is 1.62. The van der Waals surface area contributed by atoms with Gasteiger partial charge in [-0.1, -0.05) is 11.6 Å². The molecule has 2 N–H and O–H groups in total. The summed E-state index contributed by atoms with van der Waals surface area (Å²) in [6, 6.07) is 1.93. The fourth-order valence-electron chi connectivity index (χ4n) is 2.54. The Balaban J connectivity index is 2.12. The Hall–Kier alpha value is -2.06. The van der Waals surface area contributed by atoms with E-state index in [1.165, 1.54) is 0 Å². The molecular weight excluding hydrogens is 398 g/mol. The SMILES string of the molecule is COc1cc(Cn2ncc3c(Cl)nc(N)nc32)c(Br)c(OC)c1C. The van der Waals surface area contributed by atoms with Crippen LogP contribution < -0.4 is 15.2 Å². The van der Waals surface area contributed by atoms with Crippen LogP contribution in [-0.2, 0) is 6.54 Å². The number of benzene rings is 1. The Morgan fingerprint density at radius 2 is 2.04 bits per heavy atom. The first-order valence-corrected chi connectivity index (χ1v) is 8.17. The van der Waals surface area contributed by atoms with E-state index in [9.17, 15) is 0 Å². The van der Waals surface area contributed by atoms with Crippen molar-refractivity contribution in [1.82, 2.24) is 19.7 Å². The Bertz CT molecular complexity index is 928. The van der Waals surface area contributed by atoms with Crippen molar-refractivity contribution in [2.75, 3.05) is 20.0 Å². The number of hydrogen-bond acceptors (Lipinski definition) is 6. The van der Waals surface area contributed by atoms with Gasteiger partial charge in [-0.2, -0.15) is 10.1 Å². The predicted molar refractivity (Wildman–Crippen MR) is 95.8 cm³/mol. The first-order chi connectivity index (χ1) is 11.5. The highest BCUT2D eigenvalue weighted by Crippen LogP contribution is 2.38. The molecule has 2 heterocycles. The molecule has 2 aromatic heterocycles. The van der Waals surface area contributed by atoms with E-state index < -0.39 is 0 Å². The van der Waals surface area contributed by atoms with E-state index in [1.54, 1.807) is 25.1 Å². The number of halogens is 2. The Labute approximate surface area is 151 Å². The highest BCUT2D eigenvalue weighted by molar-refractivity contribution is 9.10. The molecule has 0 aliphatic rings. The lowest BCUT2D eigenvalue weighted by Gasteiger charge is -2.16. The summed E-state index contributed by atoms with van der Waals surface area (Å²) >= 11 is 9.68. The van der Waals surface area contributed by atoms with Crippen molar-refractivity contribution in [3.8, 4) is 11.5 Å². The van der Waals surface area contributed by atoms with Crippen LogP contribution in [-0.4, -0.2) is 34.0 Å². The number of anilines is 1. The largest absolute Gasteiger partial charge is 0.496 e. The van der Waals surface area contributed by atoms with Gasteiger partial charge in [0.1, 0.15) is 16.7 Å². The molecular formula is C15H15BrClN5O2. The maximum absolute atomic E-state index is 6.09. The van der Waals surface area contributed by atoms with Crippen LogP contribution in [0.4, 0.5) is 5.95 Å². The molecule has 0 spiro atoms. The molecule has 0 radical (unpaired) electrons. The molecule has 0 aliphatic carbocycles. The van der Waals surface area contributed by atoms with Gasteiger partial charge in [0, 0.05) is 5.56 Å². The van der Waals surface area contributed by atoms with Crippen molar-refractivity contribution in [2.24, 2.45) is 0 Å². The topological polar surface area (TPSA) is 88.1 Å². The molecule has 0 aliphatic heterocycles. The number of methoxy groups -OCH3 is 2. The van der Waals surface area contributed by atoms with Crippen molar-refractivity contribution in [3.05, 3.63) is 33.0 Å². The Kier molecular flexibility index (Phi) is 4.51. The zero-order chi connectivity index (χ0) is 17.4. The lowest BCUT2D eigenvalue weighted by Crippen LogP contribution is -2.06. The van der Waals surface area contributed by atoms with Gasteiger partial charge >= 0.3 is 0 Å². The molecule has 0 amide bonds. The zero-order valence-electron chi connectivity index (χ0n) is 13.3. The van der Waals surface area contributed by atoms with Gasteiger partial charge in [0.25, 0.3) is 0 Å². The smallest absolute Gasteiger partial charge is 0.223 e. The summed E-state index contributed by atoms with van der Waals surface area (Å²) in [5.74, 6) is 1.55. The number of nitrogens with zero attached hydrogens (tertiary/aromatic N) is 4. The van der Waals surface area contributed by atoms with Crippen LogP contribution in [0, 0.1) is 6.92 Å². The van der Waals surface area contributed by atoms with Gasteiger partial charge in [-0.15, -0.1) is 0 Å². The van der Waals surface area contributed by atoms with Crippen LogP contribution in [0.25, 0.3) is 11.0 Å². The van der Waals surface area contributed by atoms with E-state index in [0.29, 0.717) is 23.3 Å². The second-order valence-electron chi connectivity index (χ2n) is 5.12. The van der Waals surface area contributed by atoms with Crippen molar-refractivity contribution in [1.29, 1.82) is 0 Å². The Morgan fingerprint density at radius 3 is 2.71 bits per heavy atom. The number of aromatic nitrogens is 4. The fraction of sp³-hybridized carbons (Fsp3) is 0.267. The van der Waals surface area contributed by atoms with Gasteiger partial charge in [0.2, 0.25) is 5.95 Å². The lowest BCUT2D eigenvalue weighted by molar-refractivity contribution is 0.385. The molecule has 0 atom stereocenters. The number of ether oxygens (including phenoxy) is 2. The van der Waals surface area contributed by atoms with Crippen LogP contribution in [0.1, 0.15) is 11.1 Å². The monoisotopic (exact) mass is 411 g/mol. The fourth-order valence-corrected chi connectivity index (χ4v) is 3.45. The predicted octanol–water partition coefficient (Wildman–Crippen LogP) is 3.20. The van der Waals surface area contributed by atoms with E-state index in [1.807, 2.05) is 13.0 Å². The lowest BCUT2D eigenvalue weighted by atomic mass is 10.1. The third-order valence-corrected chi connectivity index (χ3v) is 4.87. The summed E-state index contributed by atoms with van der Waals surface area (Å²) in [5.41, 5.74) is 8.09. The Morgan fingerprint density at radius 1 is 1.29 bits per heavy atom. The average molecular weight is 413 g/mol. The first-order valence-electron chi connectivity index (χ1n) is 7.00. The molecule has 24 heavy (non-hydrogen) atoms. The van der Waals surface area contributed by atoms with Crippen molar-refractivity contribution < 1.29 is 9.47 Å². The highest BCUT2D eigenvalue weighted by atomic mass is 79.9. The molecule has 0 saturated carbocycles. The maximum Gasteiger partial charge on any atom is 0.223 e. The van der Waals surface area contributed by atoms with Gasteiger partial charge in [-0.05, 0) is 34.5 Å². The molecule has 1 aromatic carbocycles. The van der Waals surface area contributed by atoms with Gasteiger partial charge < -0.3 is 15.2 Å². The highest BCUT2D eigenvalue weighted by Gasteiger charge is 2.17. The third-order valence-electron chi connectivity index (χ3n) is 3.71. The zero-order valence-corrected chi connectivity index (χ0v) is 15.6. The molecule has 0 unspecified atom stereocenters. The first kappa shape index (κ1) is 16.8. The number of hydrogen-bond donors (Lipinski definition) is 1. The van der Waals surface area contributed by atoms with Crippen molar-refractivity contribution >= 4 is 44.5 Å². The minimum atomic E-state index is 0.104. The van der Waals surface area contributed by atoms with Crippen LogP contribution >= 0.6 is 27.5 Å². The van der Waals surface area contributed by atoms with Crippen LogP contribution in [0.2, 0.25) is 5.15 Å². The quantitative estimate of drug-likeness (QED) is 0.662. The number of nitrogen functional groups attached to an aromatic ring is 1. The summed E-state index contributed by atoms with van der Waals surface area (Å²) in [4.78, 5) is 8.17. The minimum Gasteiger partial charge on any atom is -0.496 e. The summed E-state index contributed by atoms with van der Waals surface area (Å²) in [5, 5.41) is 5.26. The summed E-state index contributed by atoms with van der Waals surface area (Å²) in [7, 11) is 3.24. The second kappa shape index (κ2) is 6.45. The van der Waals surface area contributed by atoms with E-state index in [2.05, 4.69) is 31.0 Å². The van der Waals surface area contributed by atoms with Gasteiger partial charge in [0.15, 0.2) is 5.65 Å². The van der Waals surface area contributed by atoms with E-state index in [0.717, 1.165) is 21.3 Å². The van der Waals surface area contributed by atoms with E-state index >= 15 is 0 Å². The molecule has 3 aromatic rings. The van der Waals surface area contributed by atoms with Crippen molar-refractivity contribution in [3.63, 3.8) is 0 Å².